The second-order valence-corrected chi connectivity index (χ2v) is 6.70. The lowest BCUT2D eigenvalue weighted by atomic mass is 10.0. The molecule has 0 radical (unpaired) electrons. The first-order valence-electron chi connectivity index (χ1n) is 9.21. The van der Waals surface area contributed by atoms with Gasteiger partial charge in [-0.2, -0.15) is 10.2 Å². The highest BCUT2D eigenvalue weighted by Gasteiger charge is 2.35. The lowest BCUT2D eigenvalue weighted by Gasteiger charge is -2.37. The van der Waals surface area contributed by atoms with Crippen LogP contribution in [0.4, 0.5) is 17.1 Å². The third-order valence-corrected chi connectivity index (χ3v) is 4.67. The van der Waals surface area contributed by atoms with Crippen molar-refractivity contribution in [3.8, 4) is 5.75 Å². The zero-order valence-corrected chi connectivity index (χ0v) is 15.8. The molecule has 0 saturated carbocycles. The van der Waals surface area contributed by atoms with Crippen LogP contribution in [0, 0.1) is 0 Å². The highest BCUT2D eigenvalue weighted by molar-refractivity contribution is 6.02. The smallest absolute Gasteiger partial charge is 0.323 e. The second kappa shape index (κ2) is 8.04. The number of phenolic OH excluding ortho intramolecular Hbond substituents is 1. The summed E-state index contributed by atoms with van der Waals surface area (Å²) in [5.74, 6) is -1.69. The van der Waals surface area contributed by atoms with Gasteiger partial charge in [-0.15, -0.1) is 0 Å². The molecule has 3 N–H and O–H groups in total. The fraction of sp³-hybridized carbons (Fsp3) is 0.0909. The molecule has 150 valence electrons. The minimum Gasteiger partial charge on any atom is -0.508 e. The van der Waals surface area contributed by atoms with Crippen molar-refractivity contribution in [2.45, 2.75) is 6.17 Å². The van der Waals surface area contributed by atoms with Crippen LogP contribution in [0.3, 0.4) is 0 Å². The Bertz CT molecular complexity index is 1130. The van der Waals surface area contributed by atoms with Crippen LogP contribution in [0.25, 0.3) is 0 Å². The number of fused-ring (bicyclic) bond motifs is 1. The van der Waals surface area contributed by atoms with Gasteiger partial charge in [0, 0.05) is 11.3 Å². The summed E-state index contributed by atoms with van der Waals surface area (Å²) in [5.41, 5.74) is 2.37. The van der Waals surface area contributed by atoms with E-state index in [1.807, 2.05) is 18.2 Å². The van der Waals surface area contributed by atoms with Crippen molar-refractivity contribution in [3.05, 3.63) is 83.9 Å². The number of carboxylic acid groups (broad SMARTS) is 1. The van der Waals surface area contributed by atoms with Crippen molar-refractivity contribution < 1.29 is 19.8 Å². The van der Waals surface area contributed by atoms with Gasteiger partial charge >= 0.3 is 5.97 Å². The van der Waals surface area contributed by atoms with Gasteiger partial charge in [0.25, 0.3) is 5.91 Å². The summed E-state index contributed by atoms with van der Waals surface area (Å²) in [6, 6.07) is 20.6. The van der Waals surface area contributed by atoms with Crippen LogP contribution < -0.4 is 5.32 Å². The summed E-state index contributed by atoms with van der Waals surface area (Å²) >= 11 is 0. The summed E-state index contributed by atoms with van der Waals surface area (Å²) in [5, 5.41) is 31.3. The van der Waals surface area contributed by atoms with Gasteiger partial charge in [-0.3, -0.25) is 9.59 Å². The van der Waals surface area contributed by atoms with Gasteiger partial charge < -0.3 is 20.4 Å². The number of hydrogen-bond donors (Lipinski definition) is 3. The quantitative estimate of drug-likeness (QED) is 0.545. The molecule has 0 fully saturated rings. The predicted molar refractivity (Wildman–Crippen MR) is 110 cm³/mol. The van der Waals surface area contributed by atoms with Crippen LogP contribution >= 0.6 is 0 Å². The Morgan fingerprint density at radius 3 is 2.43 bits per heavy atom. The number of hydrogen-bond acceptors (Lipinski definition) is 6. The van der Waals surface area contributed by atoms with Crippen molar-refractivity contribution in [2.75, 3.05) is 11.9 Å². The second-order valence-electron chi connectivity index (χ2n) is 6.70. The molecular weight excluding hydrogens is 384 g/mol. The van der Waals surface area contributed by atoms with Gasteiger partial charge in [0.2, 0.25) is 0 Å². The molecule has 1 aliphatic rings. The van der Waals surface area contributed by atoms with E-state index in [0.29, 0.717) is 28.2 Å². The number of azo groups is 1. The first kappa shape index (κ1) is 19.1. The molecule has 1 heterocycles. The number of aliphatic carboxylic acids is 1. The van der Waals surface area contributed by atoms with E-state index in [-0.39, 0.29) is 5.75 Å². The van der Waals surface area contributed by atoms with Gasteiger partial charge in [0.1, 0.15) is 18.5 Å². The molecule has 1 aliphatic heterocycles. The molecule has 0 aromatic heterocycles. The van der Waals surface area contributed by atoms with Crippen molar-refractivity contribution in [2.24, 2.45) is 10.2 Å². The van der Waals surface area contributed by atoms with Crippen molar-refractivity contribution in [1.82, 2.24) is 4.90 Å². The first-order valence-corrected chi connectivity index (χ1v) is 9.21. The maximum atomic E-state index is 12.9. The average molecular weight is 402 g/mol. The highest BCUT2D eigenvalue weighted by Crippen LogP contribution is 2.38. The number of nitrogens with zero attached hydrogens (tertiary/aromatic N) is 3. The van der Waals surface area contributed by atoms with Crippen molar-refractivity contribution in [3.63, 3.8) is 0 Å². The number of carboxylic acids is 1. The molecule has 8 nitrogen and oxygen atoms in total. The Morgan fingerprint density at radius 1 is 0.967 bits per heavy atom. The molecule has 0 spiro atoms. The van der Waals surface area contributed by atoms with Crippen LogP contribution in [-0.4, -0.2) is 33.5 Å². The molecule has 0 bridgehead atoms. The van der Waals surface area contributed by atoms with E-state index in [9.17, 15) is 19.8 Å². The largest absolute Gasteiger partial charge is 0.508 e. The number of anilines is 1. The standard InChI is InChI=1S/C22H18N4O4/c27-19-11-10-15(25-24-14-6-2-1-3-7-14)12-17(19)21-23-18-9-5-4-8-16(18)22(30)26(21)13-20(28)29/h1-12,21,23,27H,13H2,(H,28,29). The van der Waals surface area contributed by atoms with Gasteiger partial charge in [-0.25, -0.2) is 0 Å². The molecule has 8 heteroatoms. The Kier molecular flexibility index (Phi) is 5.13. The third-order valence-electron chi connectivity index (χ3n) is 4.67. The van der Waals surface area contributed by atoms with Crippen LogP contribution in [0.5, 0.6) is 5.75 Å². The van der Waals surface area contributed by atoms with Crippen LogP contribution in [0.1, 0.15) is 22.1 Å². The molecule has 1 atom stereocenters. The number of carbonyl (C=O) groups excluding carboxylic acids is 1. The first-order chi connectivity index (χ1) is 14.5. The predicted octanol–water partition coefficient (Wildman–Crippen LogP) is 4.46. The number of rotatable bonds is 5. The molecule has 1 unspecified atom stereocenters. The maximum absolute atomic E-state index is 12.9. The van der Waals surface area contributed by atoms with Crippen molar-refractivity contribution >= 4 is 28.9 Å². The number of carbonyl (C=O) groups is 2. The van der Waals surface area contributed by atoms with Gasteiger partial charge in [0.05, 0.1) is 16.9 Å². The maximum Gasteiger partial charge on any atom is 0.323 e. The van der Waals surface area contributed by atoms with E-state index in [0.717, 1.165) is 4.90 Å². The fourth-order valence-corrected chi connectivity index (χ4v) is 3.28. The third kappa shape index (κ3) is 3.83. The Hall–Kier alpha value is -4.20. The Labute approximate surface area is 172 Å². The summed E-state index contributed by atoms with van der Waals surface area (Å²) < 4.78 is 0. The molecule has 30 heavy (non-hydrogen) atoms. The molecule has 1 amide bonds. The van der Waals surface area contributed by atoms with E-state index in [1.165, 1.54) is 6.07 Å². The van der Waals surface area contributed by atoms with Crippen LogP contribution in [0.2, 0.25) is 0 Å². The molecule has 0 saturated heterocycles. The van der Waals surface area contributed by atoms with Crippen molar-refractivity contribution in [1.29, 1.82) is 0 Å². The summed E-state index contributed by atoms with van der Waals surface area (Å²) in [4.78, 5) is 25.5. The topological polar surface area (TPSA) is 115 Å². The van der Waals surface area contributed by atoms with Gasteiger partial charge in [-0.1, -0.05) is 30.3 Å². The average Bonchev–Trinajstić information content (AvgIpc) is 2.76. The van der Waals surface area contributed by atoms with E-state index >= 15 is 0 Å². The molecule has 4 rings (SSSR count). The zero-order valence-electron chi connectivity index (χ0n) is 15.8. The van der Waals surface area contributed by atoms with E-state index in [2.05, 4.69) is 15.5 Å². The highest BCUT2D eigenvalue weighted by atomic mass is 16.4. The summed E-state index contributed by atoms with van der Waals surface area (Å²) in [6.07, 6.45) is -0.879. The Balaban J connectivity index is 1.73. The van der Waals surface area contributed by atoms with E-state index in [1.54, 1.807) is 48.5 Å². The zero-order chi connectivity index (χ0) is 21.1. The van der Waals surface area contributed by atoms with Crippen LogP contribution in [0.15, 0.2) is 83.0 Å². The number of phenols is 1. The molecule has 3 aromatic rings. The number of aromatic hydroxyl groups is 1. The van der Waals surface area contributed by atoms with E-state index in [4.69, 9.17) is 0 Å². The number of para-hydroxylation sites is 1. The lowest BCUT2D eigenvalue weighted by molar-refractivity contribution is -0.138. The number of amides is 1. The van der Waals surface area contributed by atoms with Gasteiger partial charge in [-0.05, 0) is 42.5 Å². The summed E-state index contributed by atoms with van der Waals surface area (Å²) in [6.45, 7) is -0.528. The van der Waals surface area contributed by atoms with E-state index < -0.39 is 24.6 Å². The molecular formula is C22H18N4O4. The Morgan fingerprint density at radius 2 is 1.67 bits per heavy atom. The van der Waals surface area contributed by atoms with Crippen LogP contribution in [-0.2, 0) is 4.79 Å². The fourth-order valence-electron chi connectivity index (χ4n) is 3.28. The van der Waals surface area contributed by atoms with Gasteiger partial charge in [0.15, 0.2) is 0 Å². The number of benzene rings is 3. The lowest BCUT2D eigenvalue weighted by Crippen LogP contribution is -2.45. The summed E-state index contributed by atoms with van der Waals surface area (Å²) in [7, 11) is 0. The molecule has 0 aliphatic carbocycles. The molecule has 3 aromatic carbocycles. The monoisotopic (exact) mass is 402 g/mol. The SMILES string of the molecule is O=C(O)CN1C(=O)c2ccccc2NC1c1cc(N=Nc2ccccc2)ccc1O. The minimum absolute atomic E-state index is 0.0891. The number of nitrogens with one attached hydrogen (secondary N) is 1. The normalized spacial score (nSPS) is 15.7. The minimum atomic E-state index is -1.16.